The number of benzene rings is 1. The Hall–Kier alpha value is -1.76. The van der Waals surface area contributed by atoms with Crippen LogP contribution in [0.3, 0.4) is 0 Å². The maximum atomic E-state index is 6.22. The molecule has 3 aromatic rings. The van der Waals surface area contributed by atoms with E-state index in [4.69, 9.17) is 11.6 Å². The molecule has 1 unspecified atom stereocenters. The van der Waals surface area contributed by atoms with Crippen molar-refractivity contribution in [3.05, 3.63) is 53.3 Å². The molecule has 1 atom stereocenters. The molecule has 0 amide bonds. The van der Waals surface area contributed by atoms with E-state index in [1.807, 2.05) is 18.0 Å². The standard InChI is InChI=1S/C18H20ClN5S/c1-25-23-7-8-24(14(12-23)9-13-5-3-2-4-6-13)17-10-15-16(11-20-17)21-22-18(15)19/h2-6,10-11,14H,7-9,12H2,1H3,(H,21,22). The van der Waals surface area contributed by atoms with Gasteiger partial charge in [0.1, 0.15) is 16.5 Å². The fraction of sp³-hybridized carbons (Fsp3) is 0.333. The molecule has 1 aliphatic rings. The van der Waals surface area contributed by atoms with E-state index >= 15 is 0 Å². The maximum Gasteiger partial charge on any atom is 0.132 e. The van der Waals surface area contributed by atoms with Gasteiger partial charge in [-0.05, 0) is 24.3 Å². The van der Waals surface area contributed by atoms with Crippen molar-refractivity contribution in [2.45, 2.75) is 12.5 Å². The van der Waals surface area contributed by atoms with Crippen molar-refractivity contribution in [1.29, 1.82) is 0 Å². The molecule has 130 valence electrons. The quantitative estimate of drug-likeness (QED) is 0.708. The summed E-state index contributed by atoms with van der Waals surface area (Å²) in [6.07, 6.45) is 4.94. The van der Waals surface area contributed by atoms with E-state index < -0.39 is 0 Å². The molecule has 7 heteroatoms. The molecule has 3 heterocycles. The van der Waals surface area contributed by atoms with Crippen LogP contribution in [-0.2, 0) is 6.42 Å². The Kier molecular flexibility index (Phi) is 4.83. The number of aromatic amines is 1. The van der Waals surface area contributed by atoms with E-state index in [0.717, 1.165) is 42.8 Å². The van der Waals surface area contributed by atoms with Crippen molar-refractivity contribution in [2.24, 2.45) is 0 Å². The molecule has 1 fully saturated rings. The number of pyridine rings is 1. The lowest BCUT2D eigenvalue weighted by Gasteiger charge is -2.41. The number of piperazine rings is 1. The third-order valence-corrected chi connectivity index (χ3v) is 5.83. The summed E-state index contributed by atoms with van der Waals surface area (Å²) in [5, 5.41) is 8.48. The first-order chi connectivity index (χ1) is 12.2. The lowest BCUT2D eigenvalue weighted by molar-refractivity contribution is 0.358. The minimum atomic E-state index is 0.374. The number of halogens is 1. The lowest BCUT2D eigenvalue weighted by Crippen LogP contribution is -2.52. The Morgan fingerprint density at radius 1 is 1.28 bits per heavy atom. The van der Waals surface area contributed by atoms with Crippen LogP contribution in [-0.4, -0.2) is 51.4 Å². The molecule has 1 aromatic carbocycles. The van der Waals surface area contributed by atoms with Crippen LogP contribution in [0, 0.1) is 0 Å². The number of aromatic nitrogens is 3. The Morgan fingerprint density at radius 3 is 2.92 bits per heavy atom. The van der Waals surface area contributed by atoms with Crippen LogP contribution in [0.2, 0.25) is 5.15 Å². The molecule has 1 aliphatic heterocycles. The summed E-state index contributed by atoms with van der Waals surface area (Å²) in [5.74, 6) is 0.970. The topological polar surface area (TPSA) is 48.0 Å². The Balaban J connectivity index is 1.65. The van der Waals surface area contributed by atoms with Gasteiger partial charge in [0.05, 0.1) is 6.20 Å². The molecule has 0 aliphatic carbocycles. The van der Waals surface area contributed by atoms with Gasteiger partial charge in [0.2, 0.25) is 0 Å². The largest absolute Gasteiger partial charge is 0.351 e. The average molecular weight is 374 g/mol. The summed E-state index contributed by atoms with van der Waals surface area (Å²) >= 11 is 8.03. The number of rotatable bonds is 4. The first-order valence-electron chi connectivity index (χ1n) is 8.34. The Bertz CT molecular complexity index is 853. The molecule has 25 heavy (non-hydrogen) atoms. The van der Waals surface area contributed by atoms with E-state index in [2.05, 4.69) is 61.0 Å². The fourth-order valence-corrected chi connectivity index (χ4v) is 4.16. The zero-order chi connectivity index (χ0) is 17.2. The van der Waals surface area contributed by atoms with E-state index in [1.165, 1.54) is 5.56 Å². The SMILES string of the molecule is CSN1CCN(c2cc3c(Cl)[nH]nc3cn2)C(Cc2ccccc2)C1. The summed E-state index contributed by atoms with van der Waals surface area (Å²) < 4.78 is 2.42. The Labute approximate surface area is 156 Å². The van der Waals surface area contributed by atoms with E-state index in [9.17, 15) is 0 Å². The zero-order valence-electron chi connectivity index (χ0n) is 14.0. The highest BCUT2D eigenvalue weighted by atomic mass is 35.5. The third-order valence-electron chi connectivity index (χ3n) is 4.69. The fourth-order valence-electron chi connectivity index (χ4n) is 3.38. The average Bonchev–Trinajstić information content (AvgIpc) is 3.03. The monoisotopic (exact) mass is 373 g/mol. The smallest absolute Gasteiger partial charge is 0.132 e. The molecule has 0 radical (unpaired) electrons. The van der Waals surface area contributed by atoms with Crippen molar-refractivity contribution in [3.63, 3.8) is 0 Å². The van der Waals surface area contributed by atoms with Crippen LogP contribution in [0.15, 0.2) is 42.6 Å². The van der Waals surface area contributed by atoms with E-state index in [0.29, 0.717) is 11.2 Å². The summed E-state index contributed by atoms with van der Waals surface area (Å²) in [7, 11) is 0. The summed E-state index contributed by atoms with van der Waals surface area (Å²) in [6, 6.07) is 13.1. The van der Waals surface area contributed by atoms with Gasteiger partial charge in [0, 0.05) is 31.1 Å². The van der Waals surface area contributed by atoms with Gasteiger partial charge in [-0.1, -0.05) is 53.9 Å². The second-order valence-electron chi connectivity index (χ2n) is 6.20. The highest BCUT2D eigenvalue weighted by Gasteiger charge is 2.28. The minimum Gasteiger partial charge on any atom is -0.351 e. The van der Waals surface area contributed by atoms with Crippen molar-refractivity contribution in [3.8, 4) is 0 Å². The lowest BCUT2D eigenvalue weighted by atomic mass is 10.0. The summed E-state index contributed by atoms with van der Waals surface area (Å²) in [5.41, 5.74) is 2.15. The van der Waals surface area contributed by atoms with Gasteiger partial charge < -0.3 is 4.90 Å². The predicted octanol–water partition coefficient (Wildman–Crippen LogP) is 3.62. The molecule has 2 aromatic heterocycles. The Morgan fingerprint density at radius 2 is 2.12 bits per heavy atom. The van der Waals surface area contributed by atoms with Gasteiger partial charge >= 0.3 is 0 Å². The molecule has 0 spiro atoms. The number of hydrogen-bond acceptors (Lipinski definition) is 5. The number of hydrogen-bond donors (Lipinski definition) is 1. The minimum absolute atomic E-state index is 0.374. The van der Waals surface area contributed by atoms with Crippen molar-refractivity contribution >= 4 is 40.3 Å². The van der Waals surface area contributed by atoms with Crippen molar-refractivity contribution in [1.82, 2.24) is 19.5 Å². The summed E-state index contributed by atoms with van der Waals surface area (Å²) in [6.45, 7) is 2.98. The van der Waals surface area contributed by atoms with E-state index in [1.54, 1.807) is 6.20 Å². The molecule has 5 nitrogen and oxygen atoms in total. The third kappa shape index (κ3) is 3.47. The molecule has 0 saturated carbocycles. The number of H-pyrrole nitrogens is 1. The van der Waals surface area contributed by atoms with Gasteiger partial charge in [0.25, 0.3) is 0 Å². The highest BCUT2D eigenvalue weighted by molar-refractivity contribution is 7.96. The first-order valence-corrected chi connectivity index (χ1v) is 9.90. The first kappa shape index (κ1) is 16.7. The molecule has 1 N–H and O–H groups in total. The van der Waals surface area contributed by atoms with Crippen LogP contribution in [0.25, 0.3) is 10.9 Å². The highest BCUT2D eigenvalue weighted by Crippen LogP contribution is 2.28. The zero-order valence-corrected chi connectivity index (χ0v) is 15.6. The van der Waals surface area contributed by atoms with Crippen molar-refractivity contribution in [2.75, 3.05) is 30.8 Å². The van der Waals surface area contributed by atoms with Crippen LogP contribution in [0.1, 0.15) is 5.56 Å². The second-order valence-corrected chi connectivity index (χ2v) is 7.46. The number of anilines is 1. The van der Waals surface area contributed by atoms with Gasteiger partial charge in [-0.15, -0.1) is 0 Å². The summed E-state index contributed by atoms with van der Waals surface area (Å²) in [4.78, 5) is 7.05. The number of fused-ring (bicyclic) bond motifs is 1. The second kappa shape index (κ2) is 7.23. The predicted molar refractivity (Wildman–Crippen MR) is 105 cm³/mol. The van der Waals surface area contributed by atoms with Crippen LogP contribution >= 0.6 is 23.5 Å². The maximum absolute atomic E-state index is 6.22. The molecule has 0 bridgehead atoms. The van der Waals surface area contributed by atoms with Gasteiger partial charge in [-0.2, -0.15) is 5.10 Å². The molecular formula is C18H20ClN5S. The van der Waals surface area contributed by atoms with Crippen molar-refractivity contribution < 1.29 is 0 Å². The normalized spacial score (nSPS) is 18.8. The van der Waals surface area contributed by atoms with E-state index in [-0.39, 0.29) is 0 Å². The molecule has 1 saturated heterocycles. The van der Waals surface area contributed by atoms with Crippen LogP contribution < -0.4 is 4.90 Å². The van der Waals surface area contributed by atoms with Gasteiger partial charge in [-0.3, -0.25) is 5.10 Å². The molecule has 4 rings (SSSR count). The van der Waals surface area contributed by atoms with Crippen LogP contribution in [0.5, 0.6) is 0 Å². The number of nitrogens with zero attached hydrogens (tertiary/aromatic N) is 4. The molecular weight excluding hydrogens is 354 g/mol. The van der Waals surface area contributed by atoms with Gasteiger partial charge in [-0.25, -0.2) is 9.29 Å². The van der Waals surface area contributed by atoms with Crippen LogP contribution in [0.4, 0.5) is 5.82 Å². The number of nitrogens with one attached hydrogen (secondary N) is 1. The van der Waals surface area contributed by atoms with Gasteiger partial charge in [0.15, 0.2) is 0 Å².